The average Bonchev–Trinajstić information content (AvgIpc) is 3.66. The van der Waals surface area contributed by atoms with Gasteiger partial charge >= 0.3 is 0 Å². The lowest BCUT2D eigenvalue weighted by Crippen LogP contribution is -2.20. The van der Waals surface area contributed by atoms with Crippen LogP contribution in [0.5, 0.6) is 5.75 Å². The first-order valence-corrected chi connectivity index (χ1v) is 15.7. The SMILES string of the molecule is C=C(NCc1ccccc1Cc1ccc2nnc(-c3ccccc3O)n2c1)Nc1cc(C(C)(C)SC)nn1-c1ccc(F)cc1. The Morgan fingerprint density at radius 1 is 0.956 bits per heavy atom. The molecule has 10 heteroatoms. The zero-order valence-corrected chi connectivity index (χ0v) is 26.1. The van der Waals surface area contributed by atoms with Crippen LogP contribution in [0.2, 0.25) is 0 Å². The maximum absolute atomic E-state index is 13.7. The number of para-hydroxylation sites is 1. The molecule has 3 N–H and O–H groups in total. The van der Waals surface area contributed by atoms with Crippen molar-refractivity contribution in [2.45, 2.75) is 31.6 Å². The summed E-state index contributed by atoms with van der Waals surface area (Å²) in [6.45, 7) is 9.02. The van der Waals surface area contributed by atoms with Crippen molar-refractivity contribution in [3.05, 3.63) is 138 Å². The number of hydrogen-bond donors (Lipinski definition) is 3. The van der Waals surface area contributed by atoms with Gasteiger partial charge in [0.1, 0.15) is 17.4 Å². The number of benzene rings is 3. The molecule has 8 nitrogen and oxygen atoms in total. The Balaban J connectivity index is 1.20. The standard InChI is InChI=1S/C35H34FN7OS/c1-23(38-33-20-31(35(2,3)45-4)41-43(33)28-16-14-27(36)15-17-28)37-21-26-10-6-5-9-25(26)19-24-13-18-32-39-40-34(42(32)22-24)29-11-7-8-12-30(29)44/h5-18,20,22,37-38,44H,1,19,21H2,2-4H3. The van der Waals surface area contributed by atoms with E-state index in [1.54, 1.807) is 40.7 Å². The van der Waals surface area contributed by atoms with Crippen LogP contribution in [-0.2, 0) is 17.7 Å². The molecule has 0 radical (unpaired) electrons. The number of pyridine rings is 1. The first-order chi connectivity index (χ1) is 21.7. The number of fused-ring (bicyclic) bond motifs is 1. The molecule has 6 rings (SSSR count). The molecule has 3 heterocycles. The van der Waals surface area contributed by atoms with E-state index in [0.717, 1.165) is 33.9 Å². The van der Waals surface area contributed by atoms with Gasteiger partial charge < -0.3 is 15.7 Å². The molecule has 0 aliphatic carbocycles. The van der Waals surface area contributed by atoms with E-state index < -0.39 is 0 Å². The Morgan fingerprint density at radius 2 is 1.69 bits per heavy atom. The molecule has 0 fully saturated rings. The molecule has 3 aromatic carbocycles. The molecule has 0 atom stereocenters. The third-order valence-corrected chi connectivity index (χ3v) is 9.03. The zero-order chi connectivity index (χ0) is 31.6. The summed E-state index contributed by atoms with van der Waals surface area (Å²) in [6, 6.07) is 27.7. The monoisotopic (exact) mass is 619 g/mol. The van der Waals surface area contributed by atoms with Crippen molar-refractivity contribution in [2.75, 3.05) is 11.6 Å². The van der Waals surface area contributed by atoms with E-state index in [-0.39, 0.29) is 16.3 Å². The number of aromatic nitrogens is 5. The first kappa shape index (κ1) is 30.0. The van der Waals surface area contributed by atoms with E-state index in [9.17, 15) is 9.50 Å². The normalized spacial score (nSPS) is 11.6. The summed E-state index contributed by atoms with van der Waals surface area (Å²) < 4.78 is 17.1. The molecule has 0 unspecified atom stereocenters. The number of aromatic hydroxyl groups is 1. The fourth-order valence-corrected chi connectivity index (χ4v) is 5.37. The second-order valence-corrected chi connectivity index (χ2v) is 12.7. The molecule has 0 aliphatic rings. The Morgan fingerprint density at radius 3 is 2.44 bits per heavy atom. The van der Waals surface area contributed by atoms with Gasteiger partial charge in [-0.2, -0.15) is 16.9 Å². The molecule has 0 aliphatic heterocycles. The van der Waals surface area contributed by atoms with Crippen LogP contribution in [0.3, 0.4) is 0 Å². The molecular formula is C35H34FN7OS. The Labute approximate surface area is 265 Å². The van der Waals surface area contributed by atoms with Crippen LogP contribution in [-0.4, -0.2) is 35.7 Å². The number of phenols is 1. The van der Waals surface area contributed by atoms with Crippen LogP contribution in [0.1, 0.15) is 36.2 Å². The number of rotatable bonds is 11. The van der Waals surface area contributed by atoms with Crippen molar-refractivity contribution < 1.29 is 9.50 Å². The molecule has 3 aromatic heterocycles. The number of halogens is 1. The van der Waals surface area contributed by atoms with Gasteiger partial charge in [-0.15, -0.1) is 10.2 Å². The molecule has 228 valence electrons. The van der Waals surface area contributed by atoms with E-state index in [4.69, 9.17) is 5.10 Å². The maximum atomic E-state index is 13.7. The maximum Gasteiger partial charge on any atom is 0.172 e. The Hall–Kier alpha value is -5.09. The minimum atomic E-state index is -0.299. The quantitative estimate of drug-likeness (QED) is 0.140. The summed E-state index contributed by atoms with van der Waals surface area (Å²) in [5.74, 6) is 1.79. The Kier molecular flexibility index (Phi) is 8.32. The number of hydrogen-bond acceptors (Lipinski definition) is 7. The summed E-state index contributed by atoms with van der Waals surface area (Å²) in [5, 5.41) is 30.7. The fraction of sp³-hybridized carbons (Fsp3) is 0.171. The van der Waals surface area contributed by atoms with Crippen molar-refractivity contribution in [2.24, 2.45) is 0 Å². The molecule has 0 amide bonds. The van der Waals surface area contributed by atoms with Crippen LogP contribution in [0, 0.1) is 5.82 Å². The number of anilines is 1. The van der Waals surface area contributed by atoms with Gasteiger partial charge in [0.15, 0.2) is 11.5 Å². The molecule has 45 heavy (non-hydrogen) atoms. The average molecular weight is 620 g/mol. The van der Waals surface area contributed by atoms with Gasteiger partial charge in [-0.25, -0.2) is 9.07 Å². The van der Waals surface area contributed by atoms with Gasteiger partial charge in [0.2, 0.25) is 0 Å². The highest BCUT2D eigenvalue weighted by molar-refractivity contribution is 7.99. The van der Waals surface area contributed by atoms with Gasteiger partial charge in [-0.05, 0) is 85.7 Å². The van der Waals surface area contributed by atoms with Crippen molar-refractivity contribution in [1.82, 2.24) is 29.7 Å². The smallest absolute Gasteiger partial charge is 0.172 e. The number of nitrogens with one attached hydrogen (secondary N) is 2. The molecular weight excluding hydrogens is 585 g/mol. The topological polar surface area (TPSA) is 92.3 Å². The molecule has 0 spiro atoms. The van der Waals surface area contributed by atoms with Crippen LogP contribution < -0.4 is 10.6 Å². The summed E-state index contributed by atoms with van der Waals surface area (Å²) in [5.41, 5.74) is 6.35. The third kappa shape index (κ3) is 6.41. The minimum Gasteiger partial charge on any atom is -0.507 e. The van der Waals surface area contributed by atoms with Crippen molar-refractivity contribution in [1.29, 1.82) is 0 Å². The van der Waals surface area contributed by atoms with Crippen LogP contribution >= 0.6 is 11.8 Å². The van der Waals surface area contributed by atoms with Gasteiger partial charge in [0.25, 0.3) is 0 Å². The van der Waals surface area contributed by atoms with Crippen LogP contribution in [0.15, 0.2) is 110 Å². The highest BCUT2D eigenvalue weighted by Gasteiger charge is 2.25. The zero-order valence-electron chi connectivity index (χ0n) is 25.3. The van der Waals surface area contributed by atoms with Gasteiger partial charge in [0.05, 0.1) is 27.5 Å². The first-order valence-electron chi connectivity index (χ1n) is 14.5. The van der Waals surface area contributed by atoms with Crippen molar-refractivity contribution in [3.8, 4) is 22.8 Å². The van der Waals surface area contributed by atoms with E-state index in [1.165, 1.54) is 12.1 Å². The number of phenolic OH excluding ortho intramolecular Hbond substituents is 1. The molecule has 6 aromatic rings. The lowest BCUT2D eigenvalue weighted by molar-refractivity contribution is 0.477. The Bertz CT molecular complexity index is 1980. The second-order valence-electron chi connectivity index (χ2n) is 11.2. The van der Waals surface area contributed by atoms with Crippen molar-refractivity contribution in [3.63, 3.8) is 0 Å². The minimum absolute atomic E-state index is 0.160. The lowest BCUT2D eigenvalue weighted by Gasteiger charge is -2.18. The van der Waals surface area contributed by atoms with E-state index in [2.05, 4.69) is 59.6 Å². The summed E-state index contributed by atoms with van der Waals surface area (Å²) in [7, 11) is 0. The predicted octanol–water partition coefficient (Wildman–Crippen LogP) is 7.29. The van der Waals surface area contributed by atoms with Gasteiger partial charge in [0, 0.05) is 18.8 Å². The van der Waals surface area contributed by atoms with Crippen LogP contribution in [0.4, 0.5) is 10.2 Å². The third-order valence-electron chi connectivity index (χ3n) is 7.80. The fourth-order valence-electron chi connectivity index (χ4n) is 5.06. The highest BCUT2D eigenvalue weighted by atomic mass is 32.2. The lowest BCUT2D eigenvalue weighted by atomic mass is 10.0. The second kappa shape index (κ2) is 12.5. The summed E-state index contributed by atoms with van der Waals surface area (Å²) in [4.78, 5) is 0. The summed E-state index contributed by atoms with van der Waals surface area (Å²) >= 11 is 1.71. The molecule has 0 saturated heterocycles. The molecule has 0 bridgehead atoms. The molecule has 0 saturated carbocycles. The van der Waals surface area contributed by atoms with Crippen LogP contribution in [0.25, 0.3) is 22.7 Å². The van der Waals surface area contributed by atoms with E-state index >= 15 is 0 Å². The van der Waals surface area contributed by atoms with E-state index in [0.29, 0.717) is 35.8 Å². The number of nitrogens with zero attached hydrogens (tertiary/aromatic N) is 5. The summed E-state index contributed by atoms with van der Waals surface area (Å²) in [6.07, 6.45) is 4.77. The number of thioether (sulfide) groups is 1. The van der Waals surface area contributed by atoms with Gasteiger partial charge in [-0.3, -0.25) is 4.40 Å². The van der Waals surface area contributed by atoms with Crippen molar-refractivity contribution >= 4 is 23.2 Å². The largest absolute Gasteiger partial charge is 0.507 e. The van der Waals surface area contributed by atoms with E-state index in [1.807, 2.05) is 53.1 Å². The predicted molar refractivity (Wildman–Crippen MR) is 179 cm³/mol. The highest BCUT2D eigenvalue weighted by Crippen LogP contribution is 2.35. The van der Waals surface area contributed by atoms with Gasteiger partial charge in [-0.1, -0.05) is 49.0 Å².